The van der Waals surface area contributed by atoms with Gasteiger partial charge >= 0.3 is 5.97 Å². The number of carboxylic acids is 1. The molecule has 0 aliphatic rings. The summed E-state index contributed by atoms with van der Waals surface area (Å²) in [5, 5.41) is 9.15. The first-order valence-electron chi connectivity index (χ1n) is 6.03. The summed E-state index contributed by atoms with van der Waals surface area (Å²) in [5.41, 5.74) is 2.54. The molecule has 0 saturated carbocycles. The Morgan fingerprint density at radius 1 is 1.26 bits per heavy atom. The molecule has 0 amide bonds. The number of rotatable bonds is 4. The Kier molecular flexibility index (Phi) is 3.80. The van der Waals surface area contributed by atoms with Crippen molar-refractivity contribution in [1.82, 2.24) is 4.98 Å². The number of benzene rings is 1. The summed E-state index contributed by atoms with van der Waals surface area (Å²) in [7, 11) is 1.84. The Morgan fingerprint density at radius 2 is 1.95 bits per heavy atom. The van der Waals surface area contributed by atoms with Crippen LogP contribution >= 0.6 is 0 Å². The topological polar surface area (TPSA) is 53.4 Å². The van der Waals surface area contributed by atoms with Crippen LogP contribution in [-0.4, -0.2) is 23.1 Å². The van der Waals surface area contributed by atoms with Crippen molar-refractivity contribution in [1.29, 1.82) is 0 Å². The molecule has 19 heavy (non-hydrogen) atoms. The largest absolute Gasteiger partial charge is 0.478 e. The molecular formula is C15H16N2O2. The standard InChI is InChI=1S/C15H16N2O2/c1-11-5-7-12(8-6-11)10-17(2)14-13(15(18)19)4-3-9-16-14/h3-9H,10H2,1-2H3,(H,18,19). The fourth-order valence-electron chi connectivity index (χ4n) is 1.91. The molecule has 2 rings (SSSR count). The van der Waals surface area contributed by atoms with Crippen LogP contribution in [0.25, 0.3) is 0 Å². The Morgan fingerprint density at radius 3 is 2.58 bits per heavy atom. The van der Waals surface area contributed by atoms with Gasteiger partial charge in [-0.25, -0.2) is 9.78 Å². The van der Waals surface area contributed by atoms with Crippen LogP contribution in [0.4, 0.5) is 5.82 Å². The average molecular weight is 256 g/mol. The van der Waals surface area contributed by atoms with Gasteiger partial charge in [0.2, 0.25) is 0 Å². The lowest BCUT2D eigenvalue weighted by Crippen LogP contribution is -2.20. The zero-order valence-electron chi connectivity index (χ0n) is 11.0. The van der Waals surface area contributed by atoms with E-state index in [1.807, 2.05) is 43.1 Å². The van der Waals surface area contributed by atoms with E-state index < -0.39 is 5.97 Å². The first-order valence-corrected chi connectivity index (χ1v) is 6.03. The third-order valence-corrected chi connectivity index (χ3v) is 2.92. The number of hydrogen-bond acceptors (Lipinski definition) is 3. The third-order valence-electron chi connectivity index (χ3n) is 2.92. The van der Waals surface area contributed by atoms with E-state index in [1.165, 1.54) is 5.56 Å². The van der Waals surface area contributed by atoms with Crippen LogP contribution in [0, 0.1) is 6.92 Å². The van der Waals surface area contributed by atoms with E-state index in [2.05, 4.69) is 4.98 Å². The van der Waals surface area contributed by atoms with Gasteiger partial charge < -0.3 is 10.0 Å². The van der Waals surface area contributed by atoms with E-state index in [4.69, 9.17) is 5.11 Å². The SMILES string of the molecule is Cc1ccc(CN(C)c2ncccc2C(=O)O)cc1. The highest BCUT2D eigenvalue weighted by atomic mass is 16.4. The van der Waals surface area contributed by atoms with Crippen LogP contribution < -0.4 is 4.90 Å². The van der Waals surface area contributed by atoms with Gasteiger partial charge in [-0.05, 0) is 24.6 Å². The number of aryl methyl sites for hydroxylation is 1. The zero-order valence-corrected chi connectivity index (χ0v) is 11.0. The van der Waals surface area contributed by atoms with Gasteiger partial charge in [0.15, 0.2) is 0 Å². The Bertz CT molecular complexity index is 579. The number of pyridine rings is 1. The summed E-state index contributed by atoms with van der Waals surface area (Å²) in [6, 6.07) is 11.4. The molecule has 0 bridgehead atoms. The van der Waals surface area contributed by atoms with E-state index in [0.717, 1.165) is 5.56 Å². The van der Waals surface area contributed by atoms with Gasteiger partial charge in [-0.15, -0.1) is 0 Å². The molecule has 1 aromatic heterocycles. The summed E-state index contributed by atoms with van der Waals surface area (Å²) >= 11 is 0. The molecule has 0 atom stereocenters. The van der Waals surface area contributed by atoms with Crippen molar-refractivity contribution in [3.05, 3.63) is 59.3 Å². The van der Waals surface area contributed by atoms with E-state index in [1.54, 1.807) is 18.3 Å². The maximum absolute atomic E-state index is 11.2. The summed E-state index contributed by atoms with van der Waals surface area (Å²) < 4.78 is 0. The molecule has 0 spiro atoms. The van der Waals surface area contributed by atoms with Crippen LogP contribution in [-0.2, 0) is 6.54 Å². The van der Waals surface area contributed by atoms with Crippen LogP contribution in [0.3, 0.4) is 0 Å². The molecule has 0 saturated heterocycles. The van der Waals surface area contributed by atoms with E-state index in [0.29, 0.717) is 12.4 Å². The van der Waals surface area contributed by atoms with Crippen LogP contribution in [0.1, 0.15) is 21.5 Å². The van der Waals surface area contributed by atoms with Gasteiger partial charge in [0.25, 0.3) is 0 Å². The molecule has 0 unspecified atom stereocenters. The summed E-state index contributed by atoms with van der Waals surface area (Å²) in [4.78, 5) is 17.2. The number of hydrogen-bond donors (Lipinski definition) is 1. The maximum Gasteiger partial charge on any atom is 0.339 e. The minimum atomic E-state index is -0.959. The number of aromatic carboxylic acids is 1. The average Bonchev–Trinajstić information content (AvgIpc) is 2.41. The van der Waals surface area contributed by atoms with E-state index in [-0.39, 0.29) is 5.56 Å². The van der Waals surface area contributed by atoms with Crippen molar-refractivity contribution < 1.29 is 9.90 Å². The number of anilines is 1. The van der Waals surface area contributed by atoms with Crippen molar-refractivity contribution in [2.24, 2.45) is 0 Å². The number of carbonyl (C=O) groups is 1. The van der Waals surface area contributed by atoms with Crippen LogP contribution in [0.15, 0.2) is 42.6 Å². The van der Waals surface area contributed by atoms with Crippen molar-refractivity contribution >= 4 is 11.8 Å². The molecular weight excluding hydrogens is 240 g/mol. The predicted molar refractivity (Wildman–Crippen MR) is 74.5 cm³/mol. The fraction of sp³-hybridized carbons (Fsp3) is 0.200. The van der Waals surface area contributed by atoms with Crippen molar-refractivity contribution in [2.75, 3.05) is 11.9 Å². The van der Waals surface area contributed by atoms with Crippen LogP contribution in [0.5, 0.6) is 0 Å². The summed E-state index contributed by atoms with van der Waals surface area (Å²) in [6.07, 6.45) is 1.60. The molecule has 98 valence electrons. The first-order chi connectivity index (χ1) is 9.08. The molecule has 1 heterocycles. The van der Waals surface area contributed by atoms with Crippen molar-refractivity contribution in [3.8, 4) is 0 Å². The van der Waals surface area contributed by atoms with Crippen molar-refractivity contribution in [2.45, 2.75) is 13.5 Å². The Labute approximate surface area is 112 Å². The summed E-state index contributed by atoms with van der Waals surface area (Å²) in [5.74, 6) is -0.477. The zero-order chi connectivity index (χ0) is 13.8. The predicted octanol–water partition coefficient (Wildman–Crippen LogP) is 2.72. The molecule has 4 heteroatoms. The molecule has 1 aromatic carbocycles. The monoisotopic (exact) mass is 256 g/mol. The van der Waals surface area contributed by atoms with E-state index >= 15 is 0 Å². The maximum atomic E-state index is 11.2. The van der Waals surface area contributed by atoms with Gasteiger partial charge in [-0.1, -0.05) is 29.8 Å². The smallest absolute Gasteiger partial charge is 0.339 e. The van der Waals surface area contributed by atoms with Gasteiger partial charge in [0.1, 0.15) is 11.4 Å². The highest BCUT2D eigenvalue weighted by molar-refractivity contribution is 5.93. The van der Waals surface area contributed by atoms with Gasteiger partial charge in [0.05, 0.1) is 0 Å². The lowest BCUT2D eigenvalue weighted by atomic mass is 10.1. The number of nitrogens with zero attached hydrogens (tertiary/aromatic N) is 2. The fourth-order valence-corrected chi connectivity index (χ4v) is 1.91. The van der Waals surface area contributed by atoms with E-state index in [9.17, 15) is 4.79 Å². The Balaban J connectivity index is 2.22. The normalized spacial score (nSPS) is 10.2. The third kappa shape index (κ3) is 3.10. The number of carboxylic acid groups (broad SMARTS) is 1. The molecule has 0 aliphatic carbocycles. The molecule has 0 fully saturated rings. The number of aromatic nitrogens is 1. The second kappa shape index (κ2) is 5.52. The second-order valence-electron chi connectivity index (χ2n) is 4.52. The molecule has 1 N–H and O–H groups in total. The van der Waals surface area contributed by atoms with Crippen LogP contribution in [0.2, 0.25) is 0 Å². The van der Waals surface area contributed by atoms with Gasteiger partial charge in [-0.2, -0.15) is 0 Å². The highest BCUT2D eigenvalue weighted by Crippen LogP contribution is 2.18. The first kappa shape index (κ1) is 13.1. The highest BCUT2D eigenvalue weighted by Gasteiger charge is 2.14. The second-order valence-corrected chi connectivity index (χ2v) is 4.52. The lowest BCUT2D eigenvalue weighted by Gasteiger charge is -2.19. The molecule has 0 aliphatic heterocycles. The quantitative estimate of drug-likeness (QED) is 0.913. The lowest BCUT2D eigenvalue weighted by molar-refractivity contribution is 0.0697. The molecule has 0 radical (unpaired) electrons. The van der Waals surface area contributed by atoms with Gasteiger partial charge in [0, 0.05) is 19.8 Å². The minimum Gasteiger partial charge on any atom is -0.478 e. The summed E-state index contributed by atoms with van der Waals surface area (Å²) in [6.45, 7) is 2.66. The molecule has 4 nitrogen and oxygen atoms in total. The molecule has 2 aromatic rings. The Hall–Kier alpha value is -2.36. The van der Waals surface area contributed by atoms with Crippen molar-refractivity contribution in [3.63, 3.8) is 0 Å². The van der Waals surface area contributed by atoms with Gasteiger partial charge in [-0.3, -0.25) is 0 Å². The minimum absolute atomic E-state index is 0.220.